The topological polar surface area (TPSA) is 20.3 Å². The minimum absolute atomic E-state index is 0.126. The van der Waals surface area contributed by atoms with E-state index in [1.807, 2.05) is 31.3 Å². The number of benzene rings is 1. The number of rotatable bonds is 5. The molecule has 0 atom stereocenters. The molecule has 0 N–H and O–H groups in total. The third-order valence-corrected chi connectivity index (χ3v) is 2.94. The van der Waals surface area contributed by atoms with Crippen LogP contribution in [0.1, 0.15) is 25.3 Å². The van der Waals surface area contributed by atoms with Crippen molar-refractivity contribution in [3.8, 4) is 0 Å². The molecular weight excluding hydrogens is 222 g/mol. The standard InChI is InChI=1S/C13H18ClNO/c1-3-4-9-15(2)13(16)10-11-7-5-6-8-12(11)14/h5-8H,3-4,9-10H2,1-2H3. The third-order valence-electron chi connectivity index (χ3n) is 2.57. The summed E-state index contributed by atoms with van der Waals surface area (Å²) in [4.78, 5) is 13.6. The molecule has 1 rings (SSSR count). The molecule has 1 aromatic carbocycles. The molecule has 1 amide bonds. The lowest BCUT2D eigenvalue weighted by Crippen LogP contribution is -2.29. The number of amides is 1. The van der Waals surface area contributed by atoms with E-state index in [4.69, 9.17) is 11.6 Å². The maximum absolute atomic E-state index is 11.8. The highest BCUT2D eigenvalue weighted by Crippen LogP contribution is 2.16. The summed E-state index contributed by atoms with van der Waals surface area (Å²) in [5.41, 5.74) is 0.900. The van der Waals surface area contributed by atoms with E-state index in [-0.39, 0.29) is 5.91 Å². The van der Waals surface area contributed by atoms with Gasteiger partial charge in [0.2, 0.25) is 5.91 Å². The number of carbonyl (C=O) groups is 1. The van der Waals surface area contributed by atoms with E-state index in [9.17, 15) is 4.79 Å². The second-order valence-electron chi connectivity index (χ2n) is 3.94. The Balaban J connectivity index is 2.54. The van der Waals surface area contributed by atoms with Gasteiger partial charge in [-0.25, -0.2) is 0 Å². The zero-order valence-corrected chi connectivity index (χ0v) is 10.6. The summed E-state index contributed by atoms with van der Waals surface area (Å²) in [6, 6.07) is 7.49. The first-order chi connectivity index (χ1) is 7.65. The Morgan fingerprint density at radius 3 is 2.69 bits per heavy atom. The molecule has 0 heterocycles. The van der Waals surface area contributed by atoms with Gasteiger partial charge in [-0.05, 0) is 18.1 Å². The van der Waals surface area contributed by atoms with Crippen molar-refractivity contribution in [1.29, 1.82) is 0 Å². The molecule has 2 nitrogen and oxygen atoms in total. The van der Waals surface area contributed by atoms with E-state index < -0.39 is 0 Å². The largest absolute Gasteiger partial charge is 0.345 e. The van der Waals surface area contributed by atoms with E-state index >= 15 is 0 Å². The normalized spacial score (nSPS) is 10.2. The molecule has 0 bridgehead atoms. The fourth-order valence-corrected chi connectivity index (χ4v) is 1.66. The Bertz CT molecular complexity index is 352. The zero-order valence-electron chi connectivity index (χ0n) is 9.87. The van der Waals surface area contributed by atoms with Crippen LogP contribution in [0.5, 0.6) is 0 Å². The minimum Gasteiger partial charge on any atom is -0.345 e. The van der Waals surface area contributed by atoms with Crippen LogP contribution in [0.2, 0.25) is 5.02 Å². The van der Waals surface area contributed by atoms with Crippen molar-refractivity contribution in [2.45, 2.75) is 26.2 Å². The van der Waals surface area contributed by atoms with Gasteiger partial charge in [-0.1, -0.05) is 43.1 Å². The van der Waals surface area contributed by atoms with Gasteiger partial charge >= 0.3 is 0 Å². The second-order valence-corrected chi connectivity index (χ2v) is 4.34. The van der Waals surface area contributed by atoms with Crippen LogP contribution in [0.25, 0.3) is 0 Å². The summed E-state index contributed by atoms with van der Waals surface area (Å²) in [6.07, 6.45) is 2.54. The summed E-state index contributed by atoms with van der Waals surface area (Å²) < 4.78 is 0. The predicted molar refractivity (Wildman–Crippen MR) is 67.7 cm³/mol. The maximum Gasteiger partial charge on any atom is 0.226 e. The van der Waals surface area contributed by atoms with Crippen LogP contribution in [-0.4, -0.2) is 24.4 Å². The third kappa shape index (κ3) is 3.86. The van der Waals surface area contributed by atoms with E-state index in [0.717, 1.165) is 24.9 Å². The summed E-state index contributed by atoms with van der Waals surface area (Å²) in [7, 11) is 1.84. The minimum atomic E-state index is 0.126. The summed E-state index contributed by atoms with van der Waals surface area (Å²) in [5, 5.41) is 0.666. The predicted octanol–water partition coefficient (Wildman–Crippen LogP) is 3.14. The van der Waals surface area contributed by atoms with Crippen LogP contribution in [0.4, 0.5) is 0 Å². The molecule has 0 radical (unpaired) electrons. The lowest BCUT2D eigenvalue weighted by atomic mass is 10.1. The van der Waals surface area contributed by atoms with Crippen molar-refractivity contribution < 1.29 is 4.79 Å². The molecular formula is C13H18ClNO. The van der Waals surface area contributed by atoms with Crippen LogP contribution >= 0.6 is 11.6 Å². The monoisotopic (exact) mass is 239 g/mol. The Hall–Kier alpha value is -1.02. The second kappa shape index (κ2) is 6.54. The highest BCUT2D eigenvalue weighted by Gasteiger charge is 2.10. The summed E-state index contributed by atoms with van der Waals surface area (Å²) in [5.74, 6) is 0.126. The van der Waals surface area contributed by atoms with E-state index in [0.29, 0.717) is 11.4 Å². The average molecular weight is 240 g/mol. The smallest absolute Gasteiger partial charge is 0.226 e. The van der Waals surface area contributed by atoms with Gasteiger partial charge in [0.05, 0.1) is 6.42 Å². The van der Waals surface area contributed by atoms with Gasteiger partial charge in [-0.2, -0.15) is 0 Å². The zero-order chi connectivity index (χ0) is 12.0. The number of likely N-dealkylation sites (N-methyl/N-ethyl adjacent to an activating group) is 1. The van der Waals surface area contributed by atoms with Gasteiger partial charge in [0.1, 0.15) is 0 Å². The van der Waals surface area contributed by atoms with Gasteiger partial charge in [0, 0.05) is 18.6 Å². The molecule has 88 valence electrons. The number of unbranched alkanes of at least 4 members (excludes halogenated alkanes) is 1. The fourth-order valence-electron chi connectivity index (χ4n) is 1.46. The highest BCUT2D eigenvalue weighted by molar-refractivity contribution is 6.31. The molecule has 0 spiro atoms. The fraction of sp³-hybridized carbons (Fsp3) is 0.462. The molecule has 16 heavy (non-hydrogen) atoms. The number of hydrogen-bond acceptors (Lipinski definition) is 1. The van der Waals surface area contributed by atoms with Gasteiger partial charge in [-0.15, -0.1) is 0 Å². The molecule has 0 aliphatic heterocycles. The number of nitrogens with zero attached hydrogens (tertiary/aromatic N) is 1. The van der Waals surface area contributed by atoms with Crippen molar-refractivity contribution in [3.63, 3.8) is 0 Å². The van der Waals surface area contributed by atoms with Crippen molar-refractivity contribution >= 4 is 17.5 Å². The maximum atomic E-state index is 11.8. The van der Waals surface area contributed by atoms with E-state index in [1.165, 1.54) is 0 Å². The Morgan fingerprint density at radius 2 is 2.06 bits per heavy atom. The first-order valence-electron chi connectivity index (χ1n) is 5.62. The van der Waals surface area contributed by atoms with Crippen molar-refractivity contribution in [1.82, 2.24) is 4.90 Å². The highest BCUT2D eigenvalue weighted by atomic mass is 35.5. The van der Waals surface area contributed by atoms with Crippen LogP contribution < -0.4 is 0 Å². The summed E-state index contributed by atoms with van der Waals surface area (Å²) >= 11 is 6.01. The SMILES string of the molecule is CCCCN(C)C(=O)Cc1ccccc1Cl. The molecule has 0 saturated carbocycles. The Labute approximate surface area is 102 Å². The van der Waals surface area contributed by atoms with E-state index in [2.05, 4.69) is 6.92 Å². The van der Waals surface area contributed by atoms with Crippen LogP contribution in [0.3, 0.4) is 0 Å². The van der Waals surface area contributed by atoms with Gasteiger partial charge < -0.3 is 4.90 Å². The quantitative estimate of drug-likeness (QED) is 0.773. The van der Waals surface area contributed by atoms with Crippen LogP contribution in [0, 0.1) is 0 Å². The molecule has 0 aliphatic carbocycles. The lowest BCUT2D eigenvalue weighted by molar-refractivity contribution is -0.129. The molecule has 1 aromatic rings. The Morgan fingerprint density at radius 1 is 1.38 bits per heavy atom. The van der Waals surface area contributed by atoms with Crippen molar-refractivity contribution in [3.05, 3.63) is 34.9 Å². The van der Waals surface area contributed by atoms with Gasteiger partial charge in [0.15, 0.2) is 0 Å². The van der Waals surface area contributed by atoms with E-state index in [1.54, 1.807) is 4.90 Å². The molecule has 0 aliphatic rings. The molecule has 3 heteroatoms. The van der Waals surface area contributed by atoms with Crippen molar-refractivity contribution in [2.24, 2.45) is 0 Å². The average Bonchev–Trinajstić information content (AvgIpc) is 2.28. The van der Waals surface area contributed by atoms with Gasteiger partial charge in [-0.3, -0.25) is 4.79 Å². The first kappa shape index (κ1) is 13.0. The van der Waals surface area contributed by atoms with Crippen LogP contribution in [0.15, 0.2) is 24.3 Å². The molecule has 0 fully saturated rings. The lowest BCUT2D eigenvalue weighted by Gasteiger charge is -2.17. The molecule has 0 unspecified atom stereocenters. The molecule has 0 aromatic heterocycles. The molecule has 0 saturated heterocycles. The number of halogens is 1. The van der Waals surface area contributed by atoms with Crippen molar-refractivity contribution in [2.75, 3.05) is 13.6 Å². The number of carbonyl (C=O) groups excluding carboxylic acids is 1. The van der Waals surface area contributed by atoms with Gasteiger partial charge in [0.25, 0.3) is 0 Å². The Kier molecular flexibility index (Phi) is 5.33. The number of hydrogen-bond donors (Lipinski definition) is 0. The van der Waals surface area contributed by atoms with Crippen LogP contribution in [-0.2, 0) is 11.2 Å². The first-order valence-corrected chi connectivity index (χ1v) is 6.00. The summed E-state index contributed by atoms with van der Waals surface area (Å²) in [6.45, 7) is 2.94.